The maximum absolute atomic E-state index is 12.6. The lowest BCUT2D eigenvalue weighted by Crippen LogP contribution is -2.45. The fourth-order valence-electron chi connectivity index (χ4n) is 2.11. The third-order valence-corrected chi connectivity index (χ3v) is 3.70. The monoisotopic (exact) mass is 334 g/mol. The number of nitrogens with one attached hydrogen (secondary N) is 2. The maximum Gasteiger partial charge on any atom is 0.239 e. The zero-order valence-electron chi connectivity index (χ0n) is 15.4. The van der Waals surface area contributed by atoms with Crippen molar-refractivity contribution >= 4 is 17.5 Å². The van der Waals surface area contributed by atoms with Crippen molar-refractivity contribution in [2.75, 3.05) is 11.9 Å². The highest BCUT2D eigenvalue weighted by Gasteiger charge is 2.36. The summed E-state index contributed by atoms with van der Waals surface area (Å²) in [5.41, 5.74) is -0.583. The van der Waals surface area contributed by atoms with Gasteiger partial charge >= 0.3 is 0 Å². The number of ether oxygens (including phenoxy) is 1. The Morgan fingerprint density at radius 2 is 1.79 bits per heavy atom. The summed E-state index contributed by atoms with van der Waals surface area (Å²) in [7, 11) is 0. The van der Waals surface area contributed by atoms with Crippen molar-refractivity contribution in [2.45, 2.75) is 60.0 Å². The molecule has 5 nitrogen and oxygen atoms in total. The number of carbonyl (C=O) groups excluding carboxylic acids is 2. The first-order valence-electron chi connectivity index (χ1n) is 8.64. The Morgan fingerprint density at radius 3 is 2.42 bits per heavy atom. The van der Waals surface area contributed by atoms with Gasteiger partial charge in [-0.3, -0.25) is 9.59 Å². The van der Waals surface area contributed by atoms with E-state index >= 15 is 0 Å². The summed E-state index contributed by atoms with van der Waals surface area (Å²) < 4.78 is 5.70. The molecule has 0 unspecified atom stereocenters. The molecule has 134 valence electrons. The molecule has 0 saturated heterocycles. The Kier molecular flexibility index (Phi) is 7.75. The Labute approximate surface area is 145 Å². The van der Waals surface area contributed by atoms with Crippen LogP contribution >= 0.6 is 0 Å². The van der Waals surface area contributed by atoms with E-state index in [0.29, 0.717) is 18.0 Å². The van der Waals surface area contributed by atoms with Crippen molar-refractivity contribution in [3.05, 3.63) is 24.3 Å². The number of hydrogen-bond acceptors (Lipinski definition) is 3. The topological polar surface area (TPSA) is 67.4 Å². The zero-order chi connectivity index (χ0) is 18.2. The molecule has 0 spiro atoms. The SMILES string of the molecule is CCCCCNC(=O)C(C)(C)C(=O)Nc1ccccc1OC(C)C. The molecule has 0 saturated carbocycles. The van der Waals surface area contributed by atoms with Gasteiger partial charge in [0.1, 0.15) is 11.2 Å². The lowest BCUT2D eigenvalue weighted by Gasteiger charge is -2.23. The molecule has 0 atom stereocenters. The minimum absolute atomic E-state index is 0.00192. The molecule has 2 N–H and O–H groups in total. The molecule has 2 amide bonds. The molecular formula is C19H30N2O3. The largest absolute Gasteiger partial charge is 0.489 e. The molecule has 0 radical (unpaired) electrons. The van der Waals surface area contributed by atoms with Crippen LogP contribution in [0.5, 0.6) is 5.75 Å². The molecule has 1 aromatic rings. The highest BCUT2D eigenvalue weighted by atomic mass is 16.5. The molecule has 24 heavy (non-hydrogen) atoms. The number of carbonyl (C=O) groups is 2. The Balaban J connectivity index is 2.73. The zero-order valence-corrected chi connectivity index (χ0v) is 15.4. The maximum atomic E-state index is 12.6. The second kappa shape index (κ2) is 9.30. The minimum Gasteiger partial charge on any atom is -0.489 e. The van der Waals surface area contributed by atoms with Gasteiger partial charge in [0.15, 0.2) is 0 Å². The lowest BCUT2D eigenvalue weighted by atomic mass is 9.91. The van der Waals surface area contributed by atoms with Crippen LogP contribution in [0.2, 0.25) is 0 Å². The smallest absolute Gasteiger partial charge is 0.239 e. The number of amides is 2. The first-order valence-corrected chi connectivity index (χ1v) is 8.64. The number of anilines is 1. The van der Waals surface area contributed by atoms with Crippen molar-refractivity contribution in [1.29, 1.82) is 0 Å². The van der Waals surface area contributed by atoms with Gasteiger partial charge in [-0.15, -0.1) is 0 Å². The van der Waals surface area contributed by atoms with Crippen molar-refractivity contribution in [2.24, 2.45) is 5.41 Å². The van der Waals surface area contributed by atoms with E-state index < -0.39 is 5.41 Å². The third-order valence-electron chi connectivity index (χ3n) is 3.70. The molecule has 0 aliphatic heterocycles. The second-order valence-electron chi connectivity index (χ2n) is 6.70. The van der Waals surface area contributed by atoms with E-state index in [0.717, 1.165) is 19.3 Å². The van der Waals surface area contributed by atoms with Crippen LogP contribution in [0.4, 0.5) is 5.69 Å². The standard InChI is InChI=1S/C19H30N2O3/c1-6-7-10-13-20-17(22)19(4,5)18(23)21-15-11-8-9-12-16(15)24-14(2)3/h8-9,11-12,14H,6-7,10,13H2,1-5H3,(H,20,22)(H,21,23). The molecule has 0 aliphatic rings. The predicted octanol–water partition coefficient (Wildman–Crippen LogP) is 3.74. The van der Waals surface area contributed by atoms with Crippen molar-refractivity contribution < 1.29 is 14.3 Å². The molecule has 0 heterocycles. The average molecular weight is 334 g/mol. The van der Waals surface area contributed by atoms with Gasteiger partial charge in [-0.25, -0.2) is 0 Å². The minimum atomic E-state index is -1.16. The number of rotatable bonds is 9. The van der Waals surface area contributed by atoms with Gasteiger partial charge in [0.25, 0.3) is 0 Å². The van der Waals surface area contributed by atoms with Gasteiger partial charge in [0.05, 0.1) is 11.8 Å². The van der Waals surface area contributed by atoms with Crippen LogP contribution in [0.15, 0.2) is 24.3 Å². The van der Waals surface area contributed by atoms with Gasteiger partial charge in [0.2, 0.25) is 11.8 Å². The molecule has 0 fully saturated rings. The number of unbranched alkanes of at least 4 members (excludes halogenated alkanes) is 2. The van der Waals surface area contributed by atoms with E-state index in [2.05, 4.69) is 17.6 Å². The van der Waals surface area contributed by atoms with Crippen LogP contribution < -0.4 is 15.4 Å². The van der Waals surface area contributed by atoms with Gasteiger partial charge in [-0.2, -0.15) is 0 Å². The number of hydrogen-bond donors (Lipinski definition) is 2. The van der Waals surface area contributed by atoms with Crippen molar-refractivity contribution in [1.82, 2.24) is 5.32 Å². The number of benzene rings is 1. The van der Waals surface area contributed by atoms with E-state index in [1.165, 1.54) is 0 Å². The fourth-order valence-corrected chi connectivity index (χ4v) is 2.11. The van der Waals surface area contributed by atoms with Crippen LogP contribution in [0.3, 0.4) is 0 Å². The quantitative estimate of drug-likeness (QED) is 0.534. The summed E-state index contributed by atoms with van der Waals surface area (Å²) >= 11 is 0. The predicted molar refractivity (Wildman–Crippen MR) is 97.2 cm³/mol. The van der Waals surface area contributed by atoms with Gasteiger partial charge in [0, 0.05) is 6.54 Å². The number of para-hydroxylation sites is 2. The molecule has 1 rings (SSSR count). The van der Waals surface area contributed by atoms with Crippen LogP contribution in [0.1, 0.15) is 53.9 Å². The molecule has 0 bridgehead atoms. The first kappa shape index (κ1) is 20.0. The third kappa shape index (κ3) is 5.87. The normalized spacial score (nSPS) is 11.2. The molecule has 5 heteroatoms. The first-order chi connectivity index (χ1) is 11.3. The summed E-state index contributed by atoms with van der Waals surface area (Å²) in [5, 5.41) is 5.65. The molecule has 0 aliphatic carbocycles. The van der Waals surface area contributed by atoms with E-state index in [4.69, 9.17) is 4.74 Å². The summed E-state index contributed by atoms with van der Waals surface area (Å²) in [5.74, 6) is -0.0198. The van der Waals surface area contributed by atoms with E-state index in [9.17, 15) is 9.59 Å². The van der Waals surface area contributed by atoms with Crippen LogP contribution in [0, 0.1) is 5.41 Å². The van der Waals surface area contributed by atoms with E-state index in [1.807, 2.05) is 26.0 Å². The molecule has 0 aromatic heterocycles. The summed E-state index contributed by atoms with van der Waals surface area (Å²) in [6.45, 7) is 9.80. The Morgan fingerprint density at radius 1 is 1.12 bits per heavy atom. The summed E-state index contributed by atoms with van der Waals surface area (Å²) in [6.07, 6.45) is 3.07. The van der Waals surface area contributed by atoms with Crippen molar-refractivity contribution in [3.8, 4) is 5.75 Å². The van der Waals surface area contributed by atoms with Crippen LogP contribution in [-0.2, 0) is 9.59 Å². The van der Waals surface area contributed by atoms with Gasteiger partial charge in [-0.1, -0.05) is 31.9 Å². The fraction of sp³-hybridized carbons (Fsp3) is 0.579. The van der Waals surface area contributed by atoms with Crippen LogP contribution in [-0.4, -0.2) is 24.5 Å². The lowest BCUT2D eigenvalue weighted by molar-refractivity contribution is -0.138. The molecular weight excluding hydrogens is 304 g/mol. The van der Waals surface area contributed by atoms with Crippen LogP contribution in [0.25, 0.3) is 0 Å². The summed E-state index contributed by atoms with van der Waals surface area (Å²) in [6, 6.07) is 7.23. The van der Waals surface area contributed by atoms with E-state index in [1.54, 1.807) is 26.0 Å². The highest BCUT2D eigenvalue weighted by Crippen LogP contribution is 2.27. The highest BCUT2D eigenvalue weighted by molar-refractivity contribution is 6.10. The average Bonchev–Trinajstić information content (AvgIpc) is 2.52. The van der Waals surface area contributed by atoms with Gasteiger partial charge in [-0.05, 0) is 46.2 Å². The molecule has 1 aromatic carbocycles. The van der Waals surface area contributed by atoms with Gasteiger partial charge < -0.3 is 15.4 Å². The van der Waals surface area contributed by atoms with Crippen molar-refractivity contribution in [3.63, 3.8) is 0 Å². The second-order valence-corrected chi connectivity index (χ2v) is 6.70. The Bertz CT molecular complexity index is 553. The van der Waals surface area contributed by atoms with E-state index in [-0.39, 0.29) is 17.9 Å². The summed E-state index contributed by atoms with van der Waals surface area (Å²) in [4.78, 5) is 24.9. The Hall–Kier alpha value is -2.04.